The van der Waals surface area contributed by atoms with Crippen molar-refractivity contribution in [3.8, 4) is 5.75 Å². The smallest absolute Gasteiger partial charge is 0.221 e. The van der Waals surface area contributed by atoms with Crippen LogP contribution >= 0.6 is 0 Å². The number of aryl methyl sites for hydroxylation is 1. The van der Waals surface area contributed by atoms with E-state index in [1.807, 2.05) is 32.2 Å². The first-order valence-electron chi connectivity index (χ1n) is 6.80. The van der Waals surface area contributed by atoms with E-state index in [2.05, 4.69) is 10.6 Å². The van der Waals surface area contributed by atoms with Gasteiger partial charge >= 0.3 is 0 Å². The van der Waals surface area contributed by atoms with Crippen molar-refractivity contribution in [2.45, 2.75) is 19.9 Å². The minimum absolute atomic E-state index is 0.0303. The summed E-state index contributed by atoms with van der Waals surface area (Å²) in [5.41, 5.74) is 2.10. The van der Waals surface area contributed by atoms with Gasteiger partial charge in [-0.25, -0.2) is 0 Å². The van der Waals surface area contributed by atoms with Crippen molar-refractivity contribution < 1.29 is 14.3 Å². The Morgan fingerprint density at radius 1 is 1.30 bits per heavy atom. The van der Waals surface area contributed by atoms with Crippen LogP contribution in [0.25, 0.3) is 0 Å². The molecule has 0 aliphatic carbocycles. The molecule has 0 aliphatic heterocycles. The largest absolute Gasteiger partial charge is 0.491 e. The van der Waals surface area contributed by atoms with E-state index in [0.29, 0.717) is 32.7 Å². The molecule has 0 saturated carbocycles. The van der Waals surface area contributed by atoms with Crippen LogP contribution in [-0.2, 0) is 16.1 Å². The summed E-state index contributed by atoms with van der Waals surface area (Å²) < 4.78 is 10.7. The van der Waals surface area contributed by atoms with E-state index in [-0.39, 0.29) is 5.91 Å². The van der Waals surface area contributed by atoms with Crippen LogP contribution in [0.15, 0.2) is 18.2 Å². The first-order valence-corrected chi connectivity index (χ1v) is 6.80. The number of ether oxygens (including phenoxy) is 2. The molecule has 0 radical (unpaired) electrons. The molecule has 0 atom stereocenters. The van der Waals surface area contributed by atoms with Crippen molar-refractivity contribution in [1.82, 2.24) is 10.6 Å². The van der Waals surface area contributed by atoms with Gasteiger partial charge in [-0.05, 0) is 25.6 Å². The number of rotatable bonds is 9. The molecule has 1 aromatic rings. The lowest BCUT2D eigenvalue weighted by Crippen LogP contribution is -2.26. The van der Waals surface area contributed by atoms with Crippen LogP contribution in [-0.4, -0.2) is 39.8 Å². The van der Waals surface area contributed by atoms with Gasteiger partial charge in [-0.2, -0.15) is 0 Å². The standard InChI is InChI=1S/C15H24N2O3/c1-12-4-5-13(11-17-15(18)6-7-16-2)14(10-12)20-9-8-19-3/h4-5,10,16H,6-9,11H2,1-3H3,(H,17,18). The fourth-order valence-electron chi connectivity index (χ4n) is 1.70. The highest BCUT2D eigenvalue weighted by molar-refractivity contribution is 5.76. The highest BCUT2D eigenvalue weighted by atomic mass is 16.5. The summed E-state index contributed by atoms with van der Waals surface area (Å²) in [6.07, 6.45) is 0.474. The number of carbonyl (C=O) groups excluding carboxylic acids is 1. The fourth-order valence-corrected chi connectivity index (χ4v) is 1.70. The van der Waals surface area contributed by atoms with Gasteiger partial charge in [0, 0.05) is 32.2 Å². The van der Waals surface area contributed by atoms with Crippen molar-refractivity contribution in [2.75, 3.05) is 33.9 Å². The Labute approximate surface area is 120 Å². The van der Waals surface area contributed by atoms with E-state index in [4.69, 9.17) is 9.47 Å². The van der Waals surface area contributed by atoms with E-state index in [1.165, 1.54) is 0 Å². The molecule has 0 saturated heterocycles. The Balaban J connectivity index is 2.56. The van der Waals surface area contributed by atoms with E-state index < -0.39 is 0 Å². The number of carbonyl (C=O) groups is 1. The first kappa shape index (κ1) is 16.5. The number of nitrogens with one attached hydrogen (secondary N) is 2. The summed E-state index contributed by atoms with van der Waals surface area (Å²) in [6, 6.07) is 5.97. The van der Waals surface area contributed by atoms with Crippen molar-refractivity contribution in [2.24, 2.45) is 0 Å². The van der Waals surface area contributed by atoms with E-state index in [1.54, 1.807) is 7.11 Å². The molecule has 5 nitrogen and oxygen atoms in total. The average Bonchev–Trinajstić information content (AvgIpc) is 2.44. The third-order valence-electron chi connectivity index (χ3n) is 2.85. The Hall–Kier alpha value is -1.59. The summed E-state index contributed by atoms with van der Waals surface area (Å²) in [5.74, 6) is 0.832. The number of methoxy groups -OCH3 is 1. The molecule has 2 N–H and O–H groups in total. The molecule has 0 bridgehead atoms. The van der Waals surface area contributed by atoms with Gasteiger partial charge in [0.25, 0.3) is 0 Å². The molecule has 0 unspecified atom stereocenters. The lowest BCUT2D eigenvalue weighted by Gasteiger charge is -2.13. The van der Waals surface area contributed by atoms with Crippen molar-refractivity contribution >= 4 is 5.91 Å². The molecule has 0 heterocycles. The molecule has 0 spiro atoms. The fraction of sp³-hybridized carbons (Fsp3) is 0.533. The molecule has 1 rings (SSSR count). The van der Waals surface area contributed by atoms with Gasteiger partial charge in [0.1, 0.15) is 12.4 Å². The van der Waals surface area contributed by atoms with Crippen LogP contribution in [0.2, 0.25) is 0 Å². The van der Waals surface area contributed by atoms with E-state index in [9.17, 15) is 4.79 Å². The molecular formula is C15H24N2O3. The number of hydrogen-bond donors (Lipinski definition) is 2. The van der Waals surface area contributed by atoms with Crippen LogP contribution in [0.5, 0.6) is 5.75 Å². The molecule has 1 aromatic carbocycles. The van der Waals surface area contributed by atoms with Crippen LogP contribution in [0.4, 0.5) is 0 Å². The monoisotopic (exact) mass is 280 g/mol. The predicted octanol–water partition coefficient (Wildman–Crippen LogP) is 1.25. The average molecular weight is 280 g/mol. The van der Waals surface area contributed by atoms with Crippen LogP contribution in [0.1, 0.15) is 17.5 Å². The van der Waals surface area contributed by atoms with Crippen molar-refractivity contribution in [3.63, 3.8) is 0 Å². The van der Waals surface area contributed by atoms with Gasteiger partial charge in [0.15, 0.2) is 0 Å². The van der Waals surface area contributed by atoms with E-state index >= 15 is 0 Å². The van der Waals surface area contributed by atoms with Crippen LogP contribution < -0.4 is 15.4 Å². The molecule has 5 heteroatoms. The molecule has 1 amide bonds. The molecule has 0 aromatic heterocycles. The number of benzene rings is 1. The highest BCUT2D eigenvalue weighted by Crippen LogP contribution is 2.20. The van der Waals surface area contributed by atoms with Gasteiger partial charge in [0.2, 0.25) is 5.91 Å². The zero-order valence-corrected chi connectivity index (χ0v) is 12.5. The Morgan fingerprint density at radius 2 is 2.10 bits per heavy atom. The third kappa shape index (κ3) is 6.04. The quantitative estimate of drug-likeness (QED) is 0.668. The summed E-state index contributed by atoms with van der Waals surface area (Å²) >= 11 is 0. The maximum Gasteiger partial charge on any atom is 0.221 e. The maximum atomic E-state index is 11.6. The molecule has 20 heavy (non-hydrogen) atoms. The van der Waals surface area contributed by atoms with E-state index in [0.717, 1.165) is 16.9 Å². The summed E-state index contributed by atoms with van der Waals surface area (Å²) in [5, 5.41) is 5.84. The molecule has 112 valence electrons. The third-order valence-corrected chi connectivity index (χ3v) is 2.85. The lowest BCUT2D eigenvalue weighted by molar-refractivity contribution is -0.121. The summed E-state index contributed by atoms with van der Waals surface area (Å²) in [4.78, 5) is 11.6. The zero-order valence-electron chi connectivity index (χ0n) is 12.5. The summed E-state index contributed by atoms with van der Waals surface area (Å²) in [7, 11) is 3.47. The summed E-state index contributed by atoms with van der Waals surface area (Å²) in [6.45, 7) is 4.21. The topological polar surface area (TPSA) is 59.6 Å². The van der Waals surface area contributed by atoms with Gasteiger partial charge in [0.05, 0.1) is 6.61 Å². The SMILES string of the molecule is CNCCC(=O)NCc1ccc(C)cc1OCCOC. The number of amides is 1. The normalized spacial score (nSPS) is 10.3. The van der Waals surface area contributed by atoms with Gasteiger partial charge < -0.3 is 20.1 Å². The maximum absolute atomic E-state index is 11.6. The van der Waals surface area contributed by atoms with Crippen LogP contribution in [0.3, 0.4) is 0 Å². The zero-order chi connectivity index (χ0) is 14.8. The first-order chi connectivity index (χ1) is 9.67. The second-order valence-electron chi connectivity index (χ2n) is 4.58. The second-order valence-corrected chi connectivity index (χ2v) is 4.58. The van der Waals surface area contributed by atoms with Crippen molar-refractivity contribution in [1.29, 1.82) is 0 Å². The minimum Gasteiger partial charge on any atom is -0.491 e. The Kier molecular flexibility index (Phi) is 7.69. The van der Waals surface area contributed by atoms with Gasteiger partial charge in [-0.15, -0.1) is 0 Å². The lowest BCUT2D eigenvalue weighted by atomic mass is 10.1. The number of hydrogen-bond acceptors (Lipinski definition) is 4. The second kappa shape index (κ2) is 9.34. The molecular weight excluding hydrogens is 256 g/mol. The predicted molar refractivity (Wildman–Crippen MR) is 78.9 cm³/mol. The van der Waals surface area contributed by atoms with Gasteiger partial charge in [-0.3, -0.25) is 4.79 Å². The molecule has 0 fully saturated rings. The minimum atomic E-state index is 0.0303. The highest BCUT2D eigenvalue weighted by Gasteiger charge is 2.06. The Morgan fingerprint density at radius 3 is 2.80 bits per heavy atom. The van der Waals surface area contributed by atoms with Crippen LogP contribution in [0, 0.1) is 6.92 Å². The van der Waals surface area contributed by atoms with Gasteiger partial charge in [-0.1, -0.05) is 12.1 Å². The molecule has 0 aliphatic rings. The van der Waals surface area contributed by atoms with Crippen molar-refractivity contribution in [3.05, 3.63) is 29.3 Å². The Bertz CT molecular complexity index is 422.